The van der Waals surface area contributed by atoms with E-state index in [0.29, 0.717) is 46.5 Å². The Morgan fingerprint density at radius 2 is 1.20 bits per heavy atom. The van der Waals surface area contributed by atoms with E-state index in [1.54, 1.807) is 73.3 Å². The molecule has 11 N–H and O–H groups in total. The number of phenolic OH excluding ortho intramolecular Hbond substituents is 1. The highest BCUT2D eigenvalue weighted by Crippen LogP contribution is 2.24. The minimum absolute atomic E-state index is 0.00909. The van der Waals surface area contributed by atoms with Gasteiger partial charge in [0.15, 0.2) is 0 Å². The second-order valence-electron chi connectivity index (χ2n) is 14.7. The number of hydrogen-bond acceptors (Lipinski definition) is 8. The van der Waals surface area contributed by atoms with Gasteiger partial charge in [0.1, 0.15) is 29.9 Å². The average molecular weight is 834 g/mol. The maximum atomic E-state index is 14.5. The first-order chi connectivity index (χ1) is 29.0. The number of nitrogens with two attached hydrogens (primary N) is 2. The number of amides is 5. The van der Waals surface area contributed by atoms with E-state index in [-0.39, 0.29) is 43.8 Å². The number of halogens is 1. The third-order valence-corrected chi connectivity index (χ3v) is 10.5. The van der Waals surface area contributed by atoms with Crippen molar-refractivity contribution in [3.63, 3.8) is 0 Å². The van der Waals surface area contributed by atoms with Crippen LogP contribution in [-0.2, 0) is 49.7 Å². The molecule has 6 rings (SSSR count). The van der Waals surface area contributed by atoms with Crippen LogP contribution in [-0.4, -0.2) is 80.3 Å². The summed E-state index contributed by atoms with van der Waals surface area (Å²) < 4.78 is 0. The number of H-pyrrole nitrogens is 2. The molecule has 0 aliphatic heterocycles. The van der Waals surface area contributed by atoms with Gasteiger partial charge in [-0.15, -0.1) is 0 Å². The van der Waals surface area contributed by atoms with E-state index < -0.39 is 47.8 Å². The molecule has 0 aliphatic rings. The third kappa shape index (κ3) is 11.5. The smallest absolute Gasteiger partial charge is 0.243 e. The fraction of sp³-hybridized carbons (Fsp3) is 0.273. The monoisotopic (exact) mass is 833 g/mol. The Bertz CT molecular complexity index is 2440. The third-order valence-electron chi connectivity index (χ3n) is 10.3. The number of carbonyl (C=O) groups is 5. The SMILES string of the molecule is NCCCCC(=O)N[C@@H](Cc1c[nH]c2ccc(O)cc12)C(=O)N[C@@H](Cc1ccc(Cl)cc1)C(=O)N[C@@H](Cc1ccncc1)C(=O)N[C@H](Cc1c[nH]c2ccccc12)C(N)=O. The highest BCUT2D eigenvalue weighted by molar-refractivity contribution is 6.30. The Morgan fingerprint density at radius 1 is 0.650 bits per heavy atom. The Kier molecular flexibility index (Phi) is 14.5. The van der Waals surface area contributed by atoms with Crippen LogP contribution < -0.4 is 32.7 Å². The van der Waals surface area contributed by atoms with Gasteiger partial charge in [-0.25, -0.2) is 0 Å². The molecule has 3 aromatic carbocycles. The number of para-hydroxylation sites is 1. The number of pyridine rings is 1. The maximum absolute atomic E-state index is 14.5. The molecule has 0 saturated heterocycles. The first-order valence-corrected chi connectivity index (χ1v) is 20.0. The Labute approximate surface area is 351 Å². The summed E-state index contributed by atoms with van der Waals surface area (Å²) in [4.78, 5) is 79.2. The molecule has 0 spiro atoms. The molecule has 5 amide bonds. The largest absolute Gasteiger partial charge is 0.508 e. The average Bonchev–Trinajstić information content (AvgIpc) is 3.84. The van der Waals surface area contributed by atoms with Crippen LogP contribution in [0.1, 0.15) is 41.5 Å². The van der Waals surface area contributed by atoms with Gasteiger partial charge in [-0.05, 0) is 90.2 Å². The van der Waals surface area contributed by atoms with Crippen molar-refractivity contribution < 1.29 is 29.1 Å². The van der Waals surface area contributed by atoms with Gasteiger partial charge in [0, 0.05) is 83.7 Å². The van der Waals surface area contributed by atoms with Crippen LogP contribution in [0.5, 0.6) is 5.75 Å². The number of aromatic amines is 2. The number of unbranched alkanes of at least 4 members (excludes halogenated alkanes) is 1. The fourth-order valence-electron chi connectivity index (χ4n) is 7.05. The van der Waals surface area contributed by atoms with Gasteiger partial charge in [-0.3, -0.25) is 29.0 Å². The Hall–Kier alpha value is -6.71. The van der Waals surface area contributed by atoms with Gasteiger partial charge < -0.3 is 47.8 Å². The molecular weight excluding hydrogens is 786 g/mol. The molecule has 3 aromatic heterocycles. The van der Waals surface area contributed by atoms with E-state index in [4.69, 9.17) is 23.1 Å². The maximum Gasteiger partial charge on any atom is 0.243 e. The molecule has 0 radical (unpaired) electrons. The lowest BCUT2D eigenvalue weighted by Crippen LogP contribution is -2.59. The van der Waals surface area contributed by atoms with Crippen LogP contribution in [0.3, 0.4) is 0 Å². The van der Waals surface area contributed by atoms with Gasteiger partial charge in [-0.2, -0.15) is 0 Å². The summed E-state index contributed by atoms with van der Waals surface area (Å²) in [5.74, 6) is -3.16. The molecule has 0 bridgehead atoms. The standard InChI is InChI=1S/C44H48ClN9O6/c45-30-10-8-26(9-11-30)19-37(54-44(60)39(51-40(56)7-3-4-16-46)22-29-25-50-35-13-12-31(55)23-33(29)35)43(59)53-38(20-27-14-17-48-18-15-27)42(58)52-36(41(47)57)21-28-24-49-34-6-2-1-5-32(28)34/h1-2,5-6,8-15,17-18,23-25,36-39,49-50,55H,3-4,7,16,19-22,46H2,(H2,47,57)(H,51,56)(H,52,58)(H,53,59)(H,54,60)/t36-,37+,38+,39+/m1/s1. The Balaban J connectivity index is 1.27. The minimum Gasteiger partial charge on any atom is -0.508 e. The first kappa shape index (κ1) is 42.9. The Morgan fingerprint density at radius 3 is 1.83 bits per heavy atom. The van der Waals surface area contributed by atoms with Gasteiger partial charge in [0.05, 0.1) is 0 Å². The number of carbonyl (C=O) groups excluding carboxylic acids is 5. The molecule has 4 atom stereocenters. The lowest BCUT2D eigenvalue weighted by atomic mass is 10.00. The van der Waals surface area contributed by atoms with Crippen LogP contribution >= 0.6 is 11.6 Å². The molecule has 0 unspecified atom stereocenters. The number of rotatable bonds is 20. The lowest BCUT2D eigenvalue weighted by molar-refractivity contribution is -0.134. The fourth-order valence-corrected chi connectivity index (χ4v) is 7.18. The number of aromatic nitrogens is 3. The van der Waals surface area contributed by atoms with Crippen molar-refractivity contribution in [2.24, 2.45) is 11.5 Å². The van der Waals surface area contributed by atoms with Gasteiger partial charge >= 0.3 is 0 Å². The zero-order valence-electron chi connectivity index (χ0n) is 32.7. The molecule has 312 valence electrons. The number of primary amides is 1. The number of aromatic hydroxyl groups is 1. The normalized spacial score (nSPS) is 13.2. The second kappa shape index (κ2) is 20.3. The number of hydrogen-bond donors (Lipinski definition) is 9. The second-order valence-corrected chi connectivity index (χ2v) is 15.1. The predicted molar refractivity (Wildman–Crippen MR) is 229 cm³/mol. The van der Waals surface area contributed by atoms with Crippen molar-refractivity contribution in [2.45, 2.75) is 69.1 Å². The first-order valence-electron chi connectivity index (χ1n) is 19.6. The van der Waals surface area contributed by atoms with Crippen molar-refractivity contribution in [2.75, 3.05) is 6.54 Å². The quantitative estimate of drug-likeness (QED) is 0.0516. The molecule has 15 nitrogen and oxygen atoms in total. The summed E-state index contributed by atoms with van der Waals surface area (Å²) >= 11 is 6.17. The summed E-state index contributed by atoms with van der Waals surface area (Å²) in [6.07, 6.45) is 7.92. The van der Waals surface area contributed by atoms with E-state index in [0.717, 1.165) is 22.0 Å². The van der Waals surface area contributed by atoms with Crippen molar-refractivity contribution in [1.29, 1.82) is 0 Å². The molecule has 6 aromatic rings. The van der Waals surface area contributed by atoms with Crippen LogP contribution in [0.2, 0.25) is 5.02 Å². The molecule has 60 heavy (non-hydrogen) atoms. The van der Waals surface area contributed by atoms with Crippen molar-refractivity contribution >= 4 is 62.9 Å². The number of fused-ring (bicyclic) bond motifs is 2. The summed E-state index contributed by atoms with van der Waals surface area (Å²) in [5, 5.41) is 23.4. The van der Waals surface area contributed by atoms with Gasteiger partial charge in [-0.1, -0.05) is 41.9 Å². The zero-order valence-corrected chi connectivity index (χ0v) is 33.5. The van der Waals surface area contributed by atoms with Crippen molar-refractivity contribution in [3.8, 4) is 5.75 Å². The number of benzene rings is 3. The lowest BCUT2D eigenvalue weighted by Gasteiger charge is -2.26. The predicted octanol–water partition coefficient (Wildman–Crippen LogP) is 3.23. The number of phenols is 1. The molecule has 0 aliphatic carbocycles. The van der Waals surface area contributed by atoms with Crippen LogP contribution in [0.15, 0.2) is 104 Å². The molecule has 0 saturated carbocycles. The zero-order chi connectivity index (χ0) is 42.6. The topological polar surface area (TPSA) is 250 Å². The van der Waals surface area contributed by atoms with Crippen LogP contribution in [0.4, 0.5) is 0 Å². The molecule has 3 heterocycles. The van der Waals surface area contributed by atoms with Crippen LogP contribution in [0, 0.1) is 0 Å². The summed E-state index contributed by atoms with van der Waals surface area (Å²) in [7, 11) is 0. The summed E-state index contributed by atoms with van der Waals surface area (Å²) in [6, 6.07) is 17.7. The summed E-state index contributed by atoms with van der Waals surface area (Å²) in [6.45, 7) is 0.408. The molecular formula is C44H48ClN9O6. The highest BCUT2D eigenvalue weighted by Gasteiger charge is 2.32. The number of nitrogens with zero attached hydrogens (tertiary/aromatic N) is 1. The van der Waals surface area contributed by atoms with E-state index in [2.05, 4.69) is 36.2 Å². The van der Waals surface area contributed by atoms with E-state index in [1.807, 2.05) is 24.3 Å². The molecule has 0 fully saturated rings. The van der Waals surface area contributed by atoms with E-state index in [1.165, 1.54) is 6.07 Å². The molecule has 16 heteroatoms. The summed E-state index contributed by atoms with van der Waals surface area (Å²) in [5.41, 5.74) is 15.8. The van der Waals surface area contributed by atoms with E-state index >= 15 is 0 Å². The van der Waals surface area contributed by atoms with Crippen molar-refractivity contribution in [1.82, 2.24) is 36.2 Å². The minimum atomic E-state index is -1.26. The van der Waals surface area contributed by atoms with E-state index in [9.17, 15) is 29.1 Å². The van der Waals surface area contributed by atoms with Gasteiger partial charge in [0.2, 0.25) is 29.5 Å². The van der Waals surface area contributed by atoms with Gasteiger partial charge in [0.25, 0.3) is 0 Å². The van der Waals surface area contributed by atoms with Crippen LogP contribution in [0.25, 0.3) is 21.8 Å². The van der Waals surface area contributed by atoms with Crippen molar-refractivity contribution in [3.05, 3.63) is 131 Å². The highest BCUT2D eigenvalue weighted by atomic mass is 35.5. The number of nitrogens with one attached hydrogen (secondary N) is 6.